The fourth-order valence-corrected chi connectivity index (χ4v) is 5.07. The zero-order valence-electron chi connectivity index (χ0n) is 17.1. The Kier molecular flexibility index (Phi) is 5.38. The van der Waals surface area contributed by atoms with Gasteiger partial charge in [-0.15, -0.1) is 22.7 Å². The van der Waals surface area contributed by atoms with Gasteiger partial charge in [-0.3, -0.25) is 9.59 Å². The van der Waals surface area contributed by atoms with E-state index in [0.29, 0.717) is 11.4 Å². The summed E-state index contributed by atoms with van der Waals surface area (Å²) in [5.41, 5.74) is 4.18. The number of hydrogen-bond acceptors (Lipinski definition) is 6. The van der Waals surface area contributed by atoms with Gasteiger partial charge in [-0.25, -0.2) is 9.67 Å². The Morgan fingerprint density at radius 3 is 2.69 bits per heavy atom. The van der Waals surface area contributed by atoms with Crippen LogP contribution in [0, 0.1) is 6.92 Å². The Hall–Kier alpha value is -3.62. The van der Waals surface area contributed by atoms with E-state index < -0.39 is 0 Å². The molecule has 0 bridgehead atoms. The lowest BCUT2D eigenvalue weighted by Gasteiger charge is -2.08. The highest BCUT2D eigenvalue weighted by Crippen LogP contribution is 2.31. The molecule has 6 nitrogen and oxygen atoms in total. The molecular weight excluding hydrogens is 440 g/mol. The molecule has 3 aromatic heterocycles. The van der Waals surface area contributed by atoms with E-state index in [1.807, 2.05) is 47.8 Å². The number of amides is 1. The lowest BCUT2D eigenvalue weighted by molar-refractivity contribution is -0.117. The van der Waals surface area contributed by atoms with Gasteiger partial charge in [0.1, 0.15) is 17.2 Å². The molecule has 0 atom stereocenters. The van der Waals surface area contributed by atoms with E-state index in [0.717, 1.165) is 25.7 Å². The van der Waals surface area contributed by atoms with Crippen LogP contribution in [0.2, 0.25) is 0 Å². The van der Waals surface area contributed by atoms with Crippen molar-refractivity contribution in [3.63, 3.8) is 0 Å². The summed E-state index contributed by atoms with van der Waals surface area (Å²) in [4.78, 5) is 30.3. The number of thiophene rings is 1. The number of fused-ring (bicyclic) bond motifs is 1. The molecule has 0 unspecified atom stereocenters. The number of aryl methyl sites for hydroxylation is 1. The topological polar surface area (TPSA) is 76.9 Å². The third-order valence-electron chi connectivity index (χ3n) is 4.89. The fourth-order valence-electron chi connectivity index (χ4n) is 3.31. The molecule has 0 aliphatic carbocycles. The third-order valence-corrected chi connectivity index (χ3v) is 6.85. The normalized spacial score (nSPS) is 11.0. The molecule has 1 N–H and O–H groups in total. The van der Waals surface area contributed by atoms with Crippen LogP contribution >= 0.6 is 22.7 Å². The van der Waals surface area contributed by atoms with Crippen LogP contribution in [0.3, 0.4) is 0 Å². The van der Waals surface area contributed by atoms with Gasteiger partial charge in [0.05, 0.1) is 15.1 Å². The fraction of sp³-hybridized carbons (Fsp3) is 0.0833. The second kappa shape index (κ2) is 8.49. The van der Waals surface area contributed by atoms with E-state index in [4.69, 9.17) is 4.98 Å². The molecule has 0 aliphatic rings. The highest BCUT2D eigenvalue weighted by molar-refractivity contribution is 7.21. The first-order valence-corrected chi connectivity index (χ1v) is 11.6. The molecule has 0 fully saturated rings. The van der Waals surface area contributed by atoms with Crippen molar-refractivity contribution in [2.75, 3.05) is 5.32 Å². The van der Waals surface area contributed by atoms with Crippen LogP contribution in [-0.4, -0.2) is 20.7 Å². The summed E-state index contributed by atoms with van der Waals surface area (Å²) in [6, 6.07) is 20.7. The zero-order chi connectivity index (χ0) is 22.1. The van der Waals surface area contributed by atoms with Crippen molar-refractivity contribution in [2.24, 2.45) is 0 Å². The van der Waals surface area contributed by atoms with Crippen molar-refractivity contribution >= 4 is 44.5 Å². The summed E-state index contributed by atoms with van der Waals surface area (Å²) in [5, 5.41) is 10.0. The molecule has 0 saturated heterocycles. The van der Waals surface area contributed by atoms with Crippen molar-refractivity contribution < 1.29 is 4.79 Å². The van der Waals surface area contributed by atoms with Crippen LogP contribution < -0.4 is 10.9 Å². The first kappa shape index (κ1) is 20.3. The largest absolute Gasteiger partial charge is 0.324 e. The summed E-state index contributed by atoms with van der Waals surface area (Å²) < 4.78 is 2.34. The van der Waals surface area contributed by atoms with E-state index in [1.165, 1.54) is 27.6 Å². The van der Waals surface area contributed by atoms with E-state index in [-0.39, 0.29) is 18.0 Å². The number of anilines is 1. The predicted octanol–water partition coefficient (Wildman–Crippen LogP) is 5.20. The monoisotopic (exact) mass is 458 g/mol. The van der Waals surface area contributed by atoms with Crippen LogP contribution in [0.1, 0.15) is 5.56 Å². The molecule has 0 radical (unpaired) electrons. The number of thiazole rings is 1. The summed E-state index contributed by atoms with van der Waals surface area (Å²) in [5.74, 6) is -0.314. The Labute approximate surface area is 191 Å². The quantitative estimate of drug-likeness (QED) is 0.393. The summed E-state index contributed by atoms with van der Waals surface area (Å²) in [6.45, 7) is 1.91. The minimum atomic E-state index is -0.318. The Balaban J connectivity index is 1.30. The van der Waals surface area contributed by atoms with Gasteiger partial charge in [0.2, 0.25) is 5.91 Å². The van der Waals surface area contributed by atoms with Crippen LogP contribution in [0.5, 0.6) is 0 Å². The van der Waals surface area contributed by atoms with Gasteiger partial charge in [-0.2, -0.15) is 5.10 Å². The van der Waals surface area contributed by atoms with Gasteiger partial charge in [0.15, 0.2) is 0 Å². The number of benzene rings is 2. The van der Waals surface area contributed by atoms with Gasteiger partial charge in [-0.05, 0) is 66.4 Å². The number of carbonyl (C=O) groups is 1. The number of nitrogens with zero attached hydrogens (tertiary/aromatic N) is 3. The molecule has 32 heavy (non-hydrogen) atoms. The summed E-state index contributed by atoms with van der Waals surface area (Å²) in [7, 11) is 0. The highest BCUT2D eigenvalue weighted by Gasteiger charge is 2.10. The molecule has 0 spiro atoms. The zero-order valence-corrected chi connectivity index (χ0v) is 18.7. The number of hydrogen-bond donors (Lipinski definition) is 1. The smallest absolute Gasteiger partial charge is 0.267 e. The molecule has 8 heteroatoms. The average molecular weight is 459 g/mol. The van der Waals surface area contributed by atoms with Crippen molar-refractivity contribution in [1.82, 2.24) is 14.8 Å². The number of nitrogens with one attached hydrogen (secondary N) is 1. The Morgan fingerprint density at radius 1 is 1.06 bits per heavy atom. The highest BCUT2D eigenvalue weighted by atomic mass is 32.1. The molecule has 5 aromatic rings. The first-order chi connectivity index (χ1) is 15.5. The number of rotatable bonds is 5. The average Bonchev–Trinajstić information content (AvgIpc) is 3.45. The van der Waals surface area contributed by atoms with Crippen LogP contribution in [0.15, 0.2) is 76.9 Å². The second-order valence-corrected chi connectivity index (χ2v) is 9.29. The van der Waals surface area contributed by atoms with Gasteiger partial charge >= 0.3 is 0 Å². The second-order valence-electron chi connectivity index (χ2n) is 7.31. The summed E-state index contributed by atoms with van der Waals surface area (Å²) in [6.07, 6.45) is 0. The predicted molar refractivity (Wildman–Crippen MR) is 130 cm³/mol. The van der Waals surface area contributed by atoms with Crippen LogP contribution in [0.25, 0.3) is 31.4 Å². The molecular formula is C24H18N4O2S2. The van der Waals surface area contributed by atoms with Gasteiger partial charge in [-0.1, -0.05) is 12.1 Å². The molecule has 158 valence electrons. The SMILES string of the molecule is Cc1ccc2nc(-c3ccc(NC(=O)Cn4nc(-c5cccs5)ccc4=O)cc3)sc2c1. The maximum atomic E-state index is 12.5. The van der Waals surface area contributed by atoms with Crippen molar-refractivity contribution in [1.29, 1.82) is 0 Å². The maximum Gasteiger partial charge on any atom is 0.267 e. The molecule has 5 rings (SSSR count). The number of carbonyl (C=O) groups excluding carboxylic acids is 1. The van der Waals surface area contributed by atoms with Gasteiger partial charge in [0, 0.05) is 17.3 Å². The molecule has 3 heterocycles. The lowest BCUT2D eigenvalue weighted by atomic mass is 10.2. The maximum absolute atomic E-state index is 12.5. The third kappa shape index (κ3) is 4.23. The molecule has 0 saturated carbocycles. The lowest BCUT2D eigenvalue weighted by Crippen LogP contribution is -2.29. The van der Waals surface area contributed by atoms with Crippen molar-refractivity contribution in [2.45, 2.75) is 13.5 Å². The minimum Gasteiger partial charge on any atom is -0.324 e. The molecule has 1 amide bonds. The Bertz CT molecular complexity index is 1470. The Morgan fingerprint density at radius 2 is 1.91 bits per heavy atom. The molecule has 0 aliphatic heterocycles. The first-order valence-electron chi connectivity index (χ1n) is 9.95. The van der Waals surface area contributed by atoms with Gasteiger partial charge in [0.25, 0.3) is 5.56 Å². The van der Waals surface area contributed by atoms with E-state index in [2.05, 4.69) is 29.5 Å². The van der Waals surface area contributed by atoms with Crippen molar-refractivity contribution in [3.05, 3.63) is 88.0 Å². The van der Waals surface area contributed by atoms with Gasteiger partial charge < -0.3 is 5.32 Å². The van der Waals surface area contributed by atoms with E-state index >= 15 is 0 Å². The van der Waals surface area contributed by atoms with Crippen molar-refractivity contribution in [3.8, 4) is 21.1 Å². The standard InChI is InChI=1S/C24H18N4O2S2/c1-15-4-9-18-21(13-15)32-24(26-18)16-5-7-17(8-6-16)25-22(29)14-28-23(30)11-10-19(27-28)20-3-2-12-31-20/h2-13H,14H2,1H3,(H,25,29). The number of aromatic nitrogens is 3. The van der Waals surface area contributed by atoms with Crippen LogP contribution in [0.4, 0.5) is 5.69 Å². The van der Waals surface area contributed by atoms with Crippen LogP contribution in [-0.2, 0) is 11.3 Å². The van der Waals surface area contributed by atoms with E-state index in [1.54, 1.807) is 17.4 Å². The molecule has 2 aromatic carbocycles. The summed E-state index contributed by atoms with van der Waals surface area (Å²) >= 11 is 3.17. The minimum absolute atomic E-state index is 0.156. The van der Waals surface area contributed by atoms with E-state index in [9.17, 15) is 9.59 Å².